The van der Waals surface area contributed by atoms with E-state index in [0.29, 0.717) is 12.3 Å². The molecule has 1 fully saturated rings. The SMILES string of the molecule is CC1(C)CN(C(=O)NCCS(=O)c2ccccc2)CCS1. The summed E-state index contributed by atoms with van der Waals surface area (Å²) in [6.45, 7) is 6.28. The average molecular weight is 326 g/mol. The van der Waals surface area contributed by atoms with Crippen LogP contribution in [0.1, 0.15) is 13.8 Å². The van der Waals surface area contributed by atoms with Crippen LogP contribution >= 0.6 is 11.8 Å². The molecule has 1 heterocycles. The lowest BCUT2D eigenvalue weighted by Gasteiger charge is -2.37. The van der Waals surface area contributed by atoms with Crippen LogP contribution in [0.15, 0.2) is 35.2 Å². The van der Waals surface area contributed by atoms with Crippen molar-refractivity contribution in [3.63, 3.8) is 0 Å². The zero-order valence-electron chi connectivity index (χ0n) is 12.5. The monoisotopic (exact) mass is 326 g/mol. The van der Waals surface area contributed by atoms with Gasteiger partial charge in [0.05, 0.1) is 10.8 Å². The van der Waals surface area contributed by atoms with Crippen LogP contribution in [-0.4, -0.2) is 51.0 Å². The third-order valence-corrected chi connectivity index (χ3v) is 5.95. The Hall–Kier alpha value is -1.01. The largest absolute Gasteiger partial charge is 0.337 e. The number of urea groups is 1. The van der Waals surface area contributed by atoms with Gasteiger partial charge in [0.25, 0.3) is 0 Å². The van der Waals surface area contributed by atoms with E-state index in [1.165, 1.54) is 0 Å². The summed E-state index contributed by atoms with van der Waals surface area (Å²) in [6, 6.07) is 9.30. The maximum atomic E-state index is 12.1. The minimum Gasteiger partial charge on any atom is -0.337 e. The first kappa shape index (κ1) is 16.4. The lowest BCUT2D eigenvalue weighted by molar-refractivity contribution is 0.195. The van der Waals surface area contributed by atoms with Gasteiger partial charge in [-0.15, -0.1) is 0 Å². The van der Waals surface area contributed by atoms with Crippen LogP contribution in [0.25, 0.3) is 0 Å². The van der Waals surface area contributed by atoms with Crippen LogP contribution in [0.2, 0.25) is 0 Å². The zero-order valence-corrected chi connectivity index (χ0v) is 14.1. The van der Waals surface area contributed by atoms with Crippen molar-refractivity contribution >= 4 is 28.6 Å². The molecule has 1 atom stereocenters. The van der Waals surface area contributed by atoms with Crippen molar-refractivity contribution in [1.29, 1.82) is 0 Å². The van der Waals surface area contributed by atoms with E-state index in [2.05, 4.69) is 19.2 Å². The summed E-state index contributed by atoms with van der Waals surface area (Å²) < 4.78 is 12.2. The Morgan fingerprint density at radius 2 is 2.10 bits per heavy atom. The second-order valence-corrected chi connectivity index (χ2v) is 9.00. The van der Waals surface area contributed by atoms with Gasteiger partial charge >= 0.3 is 6.03 Å². The highest BCUT2D eigenvalue weighted by atomic mass is 32.2. The molecule has 1 aromatic rings. The molecule has 1 unspecified atom stereocenters. The molecular weight excluding hydrogens is 304 g/mol. The van der Waals surface area contributed by atoms with Gasteiger partial charge in [-0.3, -0.25) is 4.21 Å². The molecule has 0 aromatic heterocycles. The molecule has 0 spiro atoms. The topological polar surface area (TPSA) is 49.4 Å². The molecule has 1 aliphatic rings. The van der Waals surface area contributed by atoms with E-state index in [4.69, 9.17) is 0 Å². The fourth-order valence-electron chi connectivity index (χ4n) is 2.24. The van der Waals surface area contributed by atoms with E-state index in [1.54, 1.807) is 0 Å². The fraction of sp³-hybridized carbons (Fsp3) is 0.533. The zero-order chi connectivity index (χ0) is 15.3. The minimum absolute atomic E-state index is 0.0477. The Bertz CT molecular complexity index is 506. The molecule has 2 rings (SSSR count). The van der Waals surface area contributed by atoms with E-state index < -0.39 is 10.8 Å². The summed E-state index contributed by atoms with van der Waals surface area (Å²) >= 11 is 1.90. The number of thioether (sulfide) groups is 1. The maximum absolute atomic E-state index is 12.1. The van der Waals surface area contributed by atoms with E-state index in [-0.39, 0.29) is 10.8 Å². The maximum Gasteiger partial charge on any atom is 0.317 e. The van der Waals surface area contributed by atoms with Gasteiger partial charge < -0.3 is 10.2 Å². The predicted octanol–water partition coefficient (Wildman–Crippen LogP) is 2.33. The van der Waals surface area contributed by atoms with E-state index in [1.807, 2.05) is 47.0 Å². The normalized spacial score (nSPS) is 19.0. The Morgan fingerprint density at radius 1 is 1.38 bits per heavy atom. The number of hydrogen-bond acceptors (Lipinski definition) is 3. The summed E-state index contributed by atoms with van der Waals surface area (Å²) in [6.07, 6.45) is 0. The van der Waals surface area contributed by atoms with Crippen LogP contribution in [0.5, 0.6) is 0 Å². The fourth-order valence-corrected chi connectivity index (χ4v) is 4.34. The van der Waals surface area contributed by atoms with Gasteiger partial charge in [0, 0.05) is 40.8 Å². The van der Waals surface area contributed by atoms with E-state index in [9.17, 15) is 9.00 Å². The minimum atomic E-state index is -1.06. The van der Waals surface area contributed by atoms with Gasteiger partial charge in [-0.1, -0.05) is 18.2 Å². The molecule has 1 N–H and O–H groups in total. The second-order valence-electron chi connectivity index (χ2n) is 5.62. The Labute approximate surface area is 133 Å². The number of nitrogens with one attached hydrogen (secondary N) is 1. The number of hydrogen-bond donors (Lipinski definition) is 1. The van der Waals surface area contributed by atoms with E-state index in [0.717, 1.165) is 23.7 Å². The van der Waals surface area contributed by atoms with Crippen LogP contribution in [0, 0.1) is 0 Å². The molecule has 116 valence electrons. The first-order chi connectivity index (χ1) is 9.98. The van der Waals surface area contributed by atoms with Crippen molar-refractivity contribution in [2.24, 2.45) is 0 Å². The van der Waals surface area contributed by atoms with E-state index >= 15 is 0 Å². The third-order valence-electron chi connectivity index (χ3n) is 3.28. The molecule has 0 bridgehead atoms. The number of rotatable bonds is 4. The molecule has 2 amide bonds. The number of amides is 2. The Morgan fingerprint density at radius 3 is 2.76 bits per heavy atom. The number of carbonyl (C=O) groups is 1. The summed E-state index contributed by atoms with van der Waals surface area (Å²) in [5.74, 6) is 1.41. The van der Waals surface area contributed by atoms with Gasteiger partial charge in [-0.05, 0) is 26.0 Å². The van der Waals surface area contributed by atoms with Crippen LogP contribution in [0.4, 0.5) is 4.79 Å². The third kappa shape index (κ3) is 5.04. The van der Waals surface area contributed by atoms with Crippen LogP contribution in [0.3, 0.4) is 0 Å². The van der Waals surface area contributed by atoms with Gasteiger partial charge in [-0.25, -0.2) is 4.79 Å². The first-order valence-electron chi connectivity index (χ1n) is 7.08. The van der Waals surface area contributed by atoms with Gasteiger partial charge in [0.15, 0.2) is 0 Å². The summed E-state index contributed by atoms with van der Waals surface area (Å²) in [5, 5.41) is 2.88. The molecule has 0 aliphatic carbocycles. The van der Waals surface area contributed by atoms with Crippen LogP contribution in [-0.2, 0) is 10.8 Å². The molecular formula is C15H22N2O2S2. The quantitative estimate of drug-likeness (QED) is 0.924. The predicted molar refractivity (Wildman–Crippen MR) is 89.2 cm³/mol. The Kier molecular flexibility index (Phi) is 5.70. The number of carbonyl (C=O) groups excluding carboxylic acids is 1. The standard InChI is InChI=1S/C15H22N2O2S2/c1-15(2)12-17(9-10-20-15)14(18)16-8-11-21(19)13-6-4-3-5-7-13/h3-7H,8-12H2,1-2H3,(H,16,18). The van der Waals surface area contributed by atoms with Gasteiger partial charge in [-0.2, -0.15) is 11.8 Å². The lowest BCUT2D eigenvalue weighted by atomic mass is 10.2. The van der Waals surface area contributed by atoms with Crippen molar-refractivity contribution in [1.82, 2.24) is 10.2 Å². The number of benzene rings is 1. The molecule has 1 saturated heterocycles. The summed E-state index contributed by atoms with van der Waals surface area (Å²) in [7, 11) is -1.06. The molecule has 4 nitrogen and oxygen atoms in total. The van der Waals surface area contributed by atoms with Crippen LogP contribution < -0.4 is 5.32 Å². The summed E-state index contributed by atoms with van der Waals surface area (Å²) in [5.41, 5.74) is 0. The second kappa shape index (κ2) is 7.31. The highest BCUT2D eigenvalue weighted by Crippen LogP contribution is 2.29. The molecule has 0 saturated carbocycles. The van der Waals surface area contributed by atoms with Gasteiger partial charge in [0.2, 0.25) is 0 Å². The molecule has 21 heavy (non-hydrogen) atoms. The van der Waals surface area contributed by atoms with Crippen molar-refractivity contribution in [3.05, 3.63) is 30.3 Å². The van der Waals surface area contributed by atoms with Crippen molar-refractivity contribution in [3.8, 4) is 0 Å². The summed E-state index contributed by atoms with van der Waals surface area (Å²) in [4.78, 5) is 14.8. The smallest absolute Gasteiger partial charge is 0.317 e. The van der Waals surface area contributed by atoms with Crippen molar-refractivity contribution in [2.75, 3.05) is 31.1 Å². The molecule has 1 aliphatic heterocycles. The van der Waals surface area contributed by atoms with Crippen molar-refractivity contribution < 1.29 is 9.00 Å². The number of nitrogens with zero attached hydrogens (tertiary/aromatic N) is 1. The van der Waals surface area contributed by atoms with Gasteiger partial charge in [0.1, 0.15) is 0 Å². The highest BCUT2D eigenvalue weighted by Gasteiger charge is 2.29. The molecule has 1 aromatic carbocycles. The van der Waals surface area contributed by atoms with Crippen molar-refractivity contribution in [2.45, 2.75) is 23.5 Å². The average Bonchev–Trinajstić information content (AvgIpc) is 2.47. The highest BCUT2D eigenvalue weighted by molar-refractivity contribution is 8.00. The first-order valence-corrected chi connectivity index (χ1v) is 9.38. The Balaban J connectivity index is 1.76. The molecule has 0 radical (unpaired) electrons. The lowest BCUT2D eigenvalue weighted by Crippen LogP contribution is -2.50. The molecule has 6 heteroatoms.